The number of imide groups is 1. The quantitative estimate of drug-likeness (QED) is 0.298. The summed E-state index contributed by atoms with van der Waals surface area (Å²) >= 11 is 0. The summed E-state index contributed by atoms with van der Waals surface area (Å²) in [7, 11) is 1.52. The van der Waals surface area contributed by atoms with Crippen LogP contribution < -0.4 is 11.3 Å². The fourth-order valence-electron chi connectivity index (χ4n) is 1.55. The van der Waals surface area contributed by atoms with E-state index in [0.29, 0.717) is 0 Å². The van der Waals surface area contributed by atoms with Gasteiger partial charge in [0.2, 0.25) is 0 Å². The van der Waals surface area contributed by atoms with E-state index in [-0.39, 0.29) is 30.5 Å². The number of carbonyl (C=O) groups is 3. The van der Waals surface area contributed by atoms with Gasteiger partial charge in [-0.3, -0.25) is 19.9 Å². The molecule has 0 atom stereocenters. The van der Waals surface area contributed by atoms with Gasteiger partial charge in [0.15, 0.2) is 11.5 Å². The average Bonchev–Trinajstić information content (AvgIpc) is 2.90. The number of urea groups is 1. The predicted octanol–water partition coefficient (Wildman–Crippen LogP) is -1.33. The Morgan fingerprint density at radius 3 is 2.89 bits per heavy atom. The minimum Gasteiger partial charge on any atom is -0.359 e. The van der Waals surface area contributed by atoms with Gasteiger partial charge in [-0.1, -0.05) is 5.16 Å². The van der Waals surface area contributed by atoms with Crippen molar-refractivity contribution in [3.8, 4) is 0 Å². The molecule has 0 bridgehead atoms. The summed E-state index contributed by atoms with van der Waals surface area (Å²) < 4.78 is 4.85. The molecule has 96 valence electrons. The molecule has 1 aliphatic heterocycles. The first-order valence-electron chi connectivity index (χ1n) is 5.05. The van der Waals surface area contributed by atoms with Crippen molar-refractivity contribution in [1.82, 2.24) is 20.4 Å². The zero-order valence-corrected chi connectivity index (χ0v) is 9.54. The highest BCUT2D eigenvalue weighted by molar-refractivity contribution is 6.01. The molecule has 9 nitrogen and oxygen atoms in total. The van der Waals surface area contributed by atoms with Crippen LogP contribution in [0.1, 0.15) is 16.2 Å². The number of hydrazine groups is 1. The topological polar surface area (TPSA) is 122 Å². The molecule has 0 saturated carbocycles. The van der Waals surface area contributed by atoms with E-state index < -0.39 is 11.9 Å². The Labute approximate surface area is 101 Å². The number of amides is 4. The minimum absolute atomic E-state index is 0.0139. The van der Waals surface area contributed by atoms with E-state index in [1.54, 1.807) is 0 Å². The number of hydrogen-bond acceptors (Lipinski definition) is 6. The molecule has 2 rings (SSSR count). The number of nitrogens with one attached hydrogen (secondary N) is 1. The lowest BCUT2D eigenvalue weighted by molar-refractivity contribution is -0.125. The Kier molecular flexibility index (Phi) is 2.98. The molecule has 1 aromatic rings. The van der Waals surface area contributed by atoms with E-state index in [4.69, 9.17) is 10.4 Å². The monoisotopic (exact) mass is 253 g/mol. The molecule has 3 N–H and O–H groups in total. The summed E-state index contributed by atoms with van der Waals surface area (Å²) in [5.74, 6) is 4.22. The van der Waals surface area contributed by atoms with Crippen molar-refractivity contribution in [2.45, 2.75) is 6.54 Å². The van der Waals surface area contributed by atoms with E-state index in [1.807, 2.05) is 5.43 Å². The van der Waals surface area contributed by atoms with Gasteiger partial charge in [0.05, 0.1) is 6.54 Å². The molecule has 1 fully saturated rings. The van der Waals surface area contributed by atoms with Crippen LogP contribution in [0.25, 0.3) is 0 Å². The van der Waals surface area contributed by atoms with Crippen LogP contribution in [0.2, 0.25) is 0 Å². The highest BCUT2D eigenvalue weighted by atomic mass is 16.5. The molecule has 1 saturated heterocycles. The van der Waals surface area contributed by atoms with Crippen LogP contribution in [0, 0.1) is 0 Å². The first-order valence-corrected chi connectivity index (χ1v) is 5.05. The van der Waals surface area contributed by atoms with Crippen LogP contribution in [-0.2, 0) is 11.3 Å². The predicted molar refractivity (Wildman–Crippen MR) is 56.7 cm³/mol. The first kappa shape index (κ1) is 12.0. The van der Waals surface area contributed by atoms with E-state index in [9.17, 15) is 14.4 Å². The second kappa shape index (κ2) is 4.45. The third-order valence-electron chi connectivity index (χ3n) is 2.47. The maximum Gasteiger partial charge on any atom is 0.327 e. The number of hydrogen-bond donors (Lipinski definition) is 2. The van der Waals surface area contributed by atoms with Crippen molar-refractivity contribution in [3.05, 3.63) is 17.5 Å². The number of nitrogens with zero attached hydrogens (tertiary/aromatic N) is 3. The summed E-state index contributed by atoms with van der Waals surface area (Å²) in [4.78, 5) is 36.5. The molecular formula is C9H11N5O4. The van der Waals surface area contributed by atoms with Crippen LogP contribution in [0.3, 0.4) is 0 Å². The summed E-state index contributed by atoms with van der Waals surface area (Å²) in [6, 6.07) is 0.905. The molecule has 0 aliphatic carbocycles. The van der Waals surface area contributed by atoms with E-state index in [1.165, 1.54) is 18.0 Å². The van der Waals surface area contributed by atoms with Crippen molar-refractivity contribution in [2.24, 2.45) is 5.84 Å². The lowest BCUT2D eigenvalue weighted by Gasteiger charge is -2.11. The molecule has 1 aromatic heterocycles. The van der Waals surface area contributed by atoms with Crippen LogP contribution in [-0.4, -0.2) is 46.4 Å². The van der Waals surface area contributed by atoms with Crippen molar-refractivity contribution >= 4 is 17.8 Å². The number of nitrogens with two attached hydrogens (primary N) is 1. The molecule has 0 spiro atoms. The Balaban J connectivity index is 2.10. The maximum absolute atomic E-state index is 11.6. The molecular weight excluding hydrogens is 242 g/mol. The number of nitrogen functional groups attached to an aromatic ring is 1. The minimum atomic E-state index is -0.610. The third-order valence-corrected chi connectivity index (χ3v) is 2.47. The number of aromatic nitrogens is 1. The lowest BCUT2D eigenvalue weighted by atomic mass is 10.3. The van der Waals surface area contributed by atoms with Crippen LogP contribution in [0.4, 0.5) is 4.79 Å². The van der Waals surface area contributed by atoms with Crippen LogP contribution >= 0.6 is 0 Å². The summed E-state index contributed by atoms with van der Waals surface area (Å²) in [6.07, 6.45) is 0. The number of rotatable bonds is 3. The van der Waals surface area contributed by atoms with Crippen molar-refractivity contribution in [1.29, 1.82) is 0 Å². The van der Waals surface area contributed by atoms with Crippen molar-refractivity contribution < 1.29 is 18.9 Å². The van der Waals surface area contributed by atoms with Gasteiger partial charge in [-0.05, 0) is 0 Å². The molecule has 9 heteroatoms. The fraction of sp³-hybridized carbons (Fsp3) is 0.333. The highest BCUT2D eigenvalue weighted by Gasteiger charge is 2.34. The Morgan fingerprint density at radius 1 is 1.61 bits per heavy atom. The summed E-state index contributed by atoms with van der Waals surface area (Å²) in [6.45, 7) is -0.0318. The van der Waals surface area contributed by atoms with Gasteiger partial charge in [-0.2, -0.15) is 0 Å². The van der Waals surface area contributed by atoms with Gasteiger partial charge in [0, 0.05) is 13.1 Å². The highest BCUT2D eigenvalue weighted by Crippen LogP contribution is 2.13. The van der Waals surface area contributed by atoms with Crippen molar-refractivity contribution in [2.75, 3.05) is 13.6 Å². The average molecular weight is 253 g/mol. The lowest BCUT2D eigenvalue weighted by Crippen LogP contribution is -2.31. The fourth-order valence-corrected chi connectivity index (χ4v) is 1.55. The Bertz CT molecular complexity index is 511. The molecule has 4 amide bonds. The van der Waals surface area contributed by atoms with Gasteiger partial charge in [0.25, 0.3) is 11.8 Å². The number of likely N-dealkylation sites (N-methyl/N-ethyl adjacent to an activating group) is 1. The van der Waals surface area contributed by atoms with E-state index in [2.05, 4.69) is 5.16 Å². The van der Waals surface area contributed by atoms with Gasteiger partial charge in [-0.25, -0.2) is 10.6 Å². The zero-order valence-electron chi connectivity index (χ0n) is 9.54. The summed E-state index contributed by atoms with van der Waals surface area (Å²) in [5.41, 5.74) is 1.88. The standard InChI is InChI=1S/C9H11N5O4/c1-13-4-7(15)14(9(13)17)3-5-2-6(12-18-5)8(16)11-10/h2H,3-4,10H2,1H3,(H,11,16). The molecule has 2 heterocycles. The molecule has 0 unspecified atom stereocenters. The van der Waals surface area contributed by atoms with Gasteiger partial charge >= 0.3 is 6.03 Å². The molecule has 1 aliphatic rings. The van der Waals surface area contributed by atoms with Gasteiger partial charge < -0.3 is 9.42 Å². The van der Waals surface area contributed by atoms with Gasteiger partial charge in [-0.15, -0.1) is 0 Å². The second-order valence-corrected chi connectivity index (χ2v) is 3.77. The third kappa shape index (κ3) is 2.02. The Hall–Kier alpha value is -2.42. The van der Waals surface area contributed by atoms with Crippen LogP contribution in [0.15, 0.2) is 10.6 Å². The smallest absolute Gasteiger partial charge is 0.327 e. The van der Waals surface area contributed by atoms with Crippen molar-refractivity contribution in [3.63, 3.8) is 0 Å². The zero-order chi connectivity index (χ0) is 13.3. The van der Waals surface area contributed by atoms with Crippen LogP contribution in [0.5, 0.6) is 0 Å². The Morgan fingerprint density at radius 2 is 2.33 bits per heavy atom. The summed E-state index contributed by atoms with van der Waals surface area (Å²) in [5, 5.41) is 3.47. The molecule has 18 heavy (non-hydrogen) atoms. The normalized spacial score (nSPS) is 15.4. The second-order valence-electron chi connectivity index (χ2n) is 3.77. The number of carbonyl (C=O) groups excluding carboxylic acids is 3. The first-order chi connectivity index (χ1) is 8.52. The van der Waals surface area contributed by atoms with E-state index in [0.717, 1.165) is 4.90 Å². The largest absolute Gasteiger partial charge is 0.359 e. The SMILES string of the molecule is CN1CC(=O)N(Cc2cc(C(=O)NN)no2)C1=O. The van der Waals surface area contributed by atoms with E-state index >= 15 is 0 Å². The van der Waals surface area contributed by atoms with Gasteiger partial charge in [0.1, 0.15) is 6.54 Å². The maximum atomic E-state index is 11.6. The molecule has 0 aromatic carbocycles. The molecule has 0 radical (unpaired) electrons.